The molecule has 0 saturated heterocycles. The van der Waals surface area contributed by atoms with E-state index in [0.29, 0.717) is 5.57 Å². The van der Waals surface area contributed by atoms with Crippen LogP contribution in [0.5, 0.6) is 0 Å². The zero-order chi connectivity index (χ0) is 12.0. The van der Waals surface area contributed by atoms with Crippen molar-refractivity contribution in [2.45, 2.75) is 26.7 Å². The van der Waals surface area contributed by atoms with E-state index in [4.69, 9.17) is 0 Å². The number of allylic oxidation sites excluding steroid dienone is 2. The number of amides is 1. The van der Waals surface area contributed by atoms with Crippen LogP contribution >= 0.6 is 0 Å². The van der Waals surface area contributed by atoms with E-state index >= 15 is 0 Å². The minimum Gasteiger partial charge on any atom is -0.345 e. The number of Topliss-reactive ketones (excluding diaryl/α,β-unsaturated/α-hetero) is 1. The Bertz CT molecular complexity index is 301. The minimum atomic E-state index is -0.262. The molecule has 0 rings (SSSR count). The summed E-state index contributed by atoms with van der Waals surface area (Å²) in [6.07, 6.45) is 3.33. The summed E-state index contributed by atoms with van der Waals surface area (Å²) < 4.78 is 0. The molecule has 0 N–H and O–H groups in total. The molecule has 0 aromatic heterocycles. The minimum absolute atomic E-state index is 0.231. The van der Waals surface area contributed by atoms with Crippen LogP contribution in [0.15, 0.2) is 23.8 Å². The Morgan fingerprint density at radius 2 is 1.87 bits per heavy atom. The fourth-order valence-corrected chi connectivity index (χ4v) is 1.04. The molecule has 0 spiro atoms. The molecule has 0 aromatic rings. The fraction of sp³-hybridized carbons (Fsp3) is 0.500. The molecule has 0 aromatic carbocycles. The van der Waals surface area contributed by atoms with Crippen LogP contribution in [0.1, 0.15) is 26.7 Å². The van der Waals surface area contributed by atoms with Gasteiger partial charge in [-0.15, -0.1) is 0 Å². The largest absolute Gasteiger partial charge is 0.345 e. The third kappa shape index (κ3) is 4.11. The molecule has 0 saturated carbocycles. The van der Waals surface area contributed by atoms with E-state index in [1.807, 2.05) is 6.92 Å². The van der Waals surface area contributed by atoms with Crippen LogP contribution in [0, 0.1) is 0 Å². The van der Waals surface area contributed by atoms with Gasteiger partial charge in [-0.3, -0.25) is 9.59 Å². The van der Waals surface area contributed by atoms with Crippen LogP contribution in [-0.2, 0) is 9.59 Å². The van der Waals surface area contributed by atoms with E-state index in [1.165, 1.54) is 4.90 Å². The standard InChI is InChI=1S/C12H19NO2/c1-6-7-8-10(11(14)9(2)3)12(15)13(4)5/h8H,2,6-7H2,1,3-5H3. The van der Waals surface area contributed by atoms with Gasteiger partial charge in [-0.05, 0) is 18.9 Å². The summed E-state index contributed by atoms with van der Waals surface area (Å²) >= 11 is 0. The Morgan fingerprint density at radius 3 is 2.20 bits per heavy atom. The molecule has 0 aliphatic rings. The van der Waals surface area contributed by atoms with Crippen molar-refractivity contribution in [3.05, 3.63) is 23.8 Å². The number of rotatable bonds is 5. The van der Waals surface area contributed by atoms with E-state index in [9.17, 15) is 9.59 Å². The average Bonchev–Trinajstić information content (AvgIpc) is 2.17. The maximum Gasteiger partial charge on any atom is 0.256 e. The van der Waals surface area contributed by atoms with Crippen LogP contribution in [0.2, 0.25) is 0 Å². The lowest BCUT2D eigenvalue weighted by molar-refractivity contribution is -0.127. The van der Waals surface area contributed by atoms with Gasteiger partial charge in [-0.2, -0.15) is 0 Å². The lowest BCUT2D eigenvalue weighted by Crippen LogP contribution is -2.27. The van der Waals surface area contributed by atoms with Gasteiger partial charge < -0.3 is 4.90 Å². The lowest BCUT2D eigenvalue weighted by atomic mass is 10.0. The molecule has 0 aliphatic heterocycles. The number of carbonyl (C=O) groups is 2. The predicted molar refractivity (Wildman–Crippen MR) is 61.5 cm³/mol. The van der Waals surface area contributed by atoms with Gasteiger partial charge in [-0.1, -0.05) is 26.0 Å². The summed E-state index contributed by atoms with van der Waals surface area (Å²) in [5, 5.41) is 0. The van der Waals surface area contributed by atoms with Crippen molar-refractivity contribution in [1.29, 1.82) is 0 Å². The Labute approximate surface area is 91.5 Å². The van der Waals surface area contributed by atoms with Crippen LogP contribution in [0.4, 0.5) is 0 Å². The Balaban J connectivity index is 4.98. The molecule has 0 heterocycles. The molecule has 1 amide bonds. The van der Waals surface area contributed by atoms with E-state index in [-0.39, 0.29) is 17.3 Å². The first-order valence-corrected chi connectivity index (χ1v) is 5.03. The summed E-state index contributed by atoms with van der Waals surface area (Å²) in [5.74, 6) is -0.515. The van der Waals surface area contributed by atoms with Crippen molar-refractivity contribution in [2.24, 2.45) is 0 Å². The topological polar surface area (TPSA) is 37.4 Å². The lowest BCUT2D eigenvalue weighted by Gasteiger charge is -2.12. The highest BCUT2D eigenvalue weighted by Gasteiger charge is 2.19. The quantitative estimate of drug-likeness (QED) is 0.394. The van der Waals surface area contributed by atoms with Crippen LogP contribution < -0.4 is 0 Å². The van der Waals surface area contributed by atoms with Crippen molar-refractivity contribution in [1.82, 2.24) is 4.90 Å². The van der Waals surface area contributed by atoms with E-state index < -0.39 is 0 Å². The number of nitrogens with zero attached hydrogens (tertiary/aromatic N) is 1. The molecule has 0 unspecified atom stereocenters. The summed E-state index contributed by atoms with van der Waals surface area (Å²) in [4.78, 5) is 24.8. The maximum atomic E-state index is 11.7. The summed E-state index contributed by atoms with van der Waals surface area (Å²) in [6.45, 7) is 7.18. The van der Waals surface area contributed by atoms with Crippen LogP contribution in [-0.4, -0.2) is 30.7 Å². The first-order valence-electron chi connectivity index (χ1n) is 5.03. The van der Waals surface area contributed by atoms with Gasteiger partial charge >= 0.3 is 0 Å². The van der Waals surface area contributed by atoms with Gasteiger partial charge in [0.1, 0.15) is 0 Å². The van der Waals surface area contributed by atoms with Gasteiger partial charge in [0.2, 0.25) is 0 Å². The molecule has 84 valence electrons. The highest BCUT2D eigenvalue weighted by molar-refractivity contribution is 6.24. The molecule has 0 aliphatic carbocycles. The van der Waals surface area contributed by atoms with Crippen molar-refractivity contribution in [2.75, 3.05) is 14.1 Å². The number of ketones is 1. The Kier molecular flexibility index (Phi) is 5.60. The van der Waals surface area contributed by atoms with E-state index in [0.717, 1.165) is 12.8 Å². The SMILES string of the molecule is C=C(C)C(=O)C(=CCCC)C(=O)N(C)C. The number of hydrogen-bond donors (Lipinski definition) is 0. The molecule has 0 atom stereocenters. The van der Waals surface area contributed by atoms with Crippen LogP contribution in [0.3, 0.4) is 0 Å². The van der Waals surface area contributed by atoms with E-state index in [2.05, 4.69) is 6.58 Å². The molecule has 15 heavy (non-hydrogen) atoms. The highest BCUT2D eigenvalue weighted by Crippen LogP contribution is 2.09. The first kappa shape index (κ1) is 13.6. The zero-order valence-electron chi connectivity index (χ0n) is 9.96. The third-order valence-electron chi connectivity index (χ3n) is 1.91. The summed E-state index contributed by atoms with van der Waals surface area (Å²) in [5.41, 5.74) is 0.627. The molecule has 3 nitrogen and oxygen atoms in total. The molecule has 0 bridgehead atoms. The highest BCUT2D eigenvalue weighted by atomic mass is 16.2. The van der Waals surface area contributed by atoms with Gasteiger partial charge in [0.25, 0.3) is 5.91 Å². The number of hydrogen-bond acceptors (Lipinski definition) is 2. The molecular weight excluding hydrogens is 190 g/mol. The monoisotopic (exact) mass is 209 g/mol. The zero-order valence-corrected chi connectivity index (χ0v) is 9.96. The maximum absolute atomic E-state index is 11.7. The van der Waals surface area contributed by atoms with Gasteiger partial charge in [0, 0.05) is 14.1 Å². The molecule has 3 heteroatoms. The second-order valence-corrected chi connectivity index (χ2v) is 3.72. The predicted octanol–water partition coefficient (Wildman–Crippen LogP) is 1.95. The number of unbranched alkanes of at least 4 members (excludes halogenated alkanes) is 1. The Morgan fingerprint density at radius 1 is 1.33 bits per heavy atom. The summed E-state index contributed by atoms with van der Waals surface area (Å²) in [7, 11) is 3.27. The normalized spacial score (nSPS) is 11.1. The number of carbonyl (C=O) groups excluding carboxylic acids is 2. The fourth-order valence-electron chi connectivity index (χ4n) is 1.04. The second-order valence-electron chi connectivity index (χ2n) is 3.72. The van der Waals surface area contributed by atoms with Crippen LogP contribution in [0.25, 0.3) is 0 Å². The summed E-state index contributed by atoms with van der Waals surface area (Å²) in [6, 6.07) is 0. The molecule has 0 fully saturated rings. The Hall–Kier alpha value is -1.38. The molecule has 0 radical (unpaired) electrons. The van der Waals surface area contributed by atoms with Crippen molar-refractivity contribution < 1.29 is 9.59 Å². The van der Waals surface area contributed by atoms with E-state index in [1.54, 1.807) is 27.1 Å². The third-order valence-corrected chi connectivity index (χ3v) is 1.91. The van der Waals surface area contributed by atoms with Crippen molar-refractivity contribution in [3.8, 4) is 0 Å². The average molecular weight is 209 g/mol. The number of likely N-dealkylation sites (N-methyl/N-ethyl adjacent to an activating group) is 1. The smallest absolute Gasteiger partial charge is 0.256 e. The second kappa shape index (κ2) is 6.17. The van der Waals surface area contributed by atoms with Crippen molar-refractivity contribution >= 4 is 11.7 Å². The van der Waals surface area contributed by atoms with Crippen molar-refractivity contribution in [3.63, 3.8) is 0 Å². The van der Waals surface area contributed by atoms with Gasteiger partial charge in [-0.25, -0.2) is 0 Å². The molecular formula is C12H19NO2. The van der Waals surface area contributed by atoms with Gasteiger partial charge in [0.15, 0.2) is 5.78 Å². The first-order chi connectivity index (χ1) is 6.91. The van der Waals surface area contributed by atoms with Gasteiger partial charge in [0.05, 0.1) is 5.57 Å².